The van der Waals surface area contributed by atoms with Crippen molar-refractivity contribution in [2.45, 2.75) is 51.6 Å². The van der Waals surface area contributed by atoms with Gasteiger partial charge in [-0.05, 0) is 36.1 Å². The van der Waals surface area contributed by atoms with Gasteiger partial charge in [-0.3, -0.25) is 0 Å². The molecule has 2 nitrogen and oxygen atoms in total. The van der Waals surface area contributed by atoms with E-state index in [1.807, 2.05) is 19.1 Å². The molecule has 1 heterocycles. The van der Waals surface area contributed by atoms with Crippen LogP contribution < -0.4 is 4.74 Å². The molecular weight excluding hydrogens is 248 g/mol. The third-order valence-electron chi connectivity index (χ3n) is 3.72. The molecule has 0 bridgehead atoms. The highest BCUT2D eigenvalue weighted by Gasteiger charge is 2.27. The summed E-state index contributed by atoms with van der Waals surface area (Å²) < 4.78 is 5.68. The van der Waals surface area contributed by atoms with Crippen LogP contribution in [0.3, 0.4) is 0 Å². The Morgan fingerprint density at radius 3 is 2.83 bits per heavy atom. The summed E-state index contributed by atoms with van der Waals surface area (Å²) in [6.07, 6.45) is 4.09. The second-order valence-corrected chi connectivity index (χ2v) is 5.59. The predicted molar refractivity (Wildman–Crippen MR) is 74.5 cm³/mol. The molecule has 2 rings (SSSR count). The third-order valence-corrected chi connectivity index (χ3v) is 3.94. The molecule has 0 saturated carbocycles. The van der Waals surface area contributed by atoms with Gasteiger partial charge in [0.25, 0.3) is 0 Å². The van der Waals surface area contributed by atoms with Crippen LogP contribution in [0.5, 0.6) is 5.75 Å². The minimum atomic E-state index is -0.640. The lowest BCUT2D eigenvalue weighted by atomic mass is 9.87. The van der Waals surface area contributed by atoms with Crippen LogP contribution in [0.1, 0.15) is 44.2 Å². The van der Waals surface area contributed by atoms with Gasteiger partial charge in [0, 0.05) is 17.9 Å². The Labute approximate surface area is 114 Å². The number of halogens is 1. The maximum absolute atomic E-state index is 10.6. The molecule has 0 spiro atoms. The van der Waals surface area contributed by atoms with E-state index in [1.54, 1.807) is 0 Å². The minimum Gasteiger partial charge on any atom is -0.493 e. The molecule has 0 aliphatic carbocycles. The smallest absolute Gasteiger partial charge is 0.126 e. The van der Waals surface area contributed by atoms with Crippen LogP contribution in [0.4, 0.5) is 0 Å². The molecule has 0 fully saturated rings. The Morgan fingerprint density at radius 2 is 2.17 bits per heavy atom. The van der Waals surface area contributed by atoms with Gasteiger partial charge >= 0.3 is 0 Å². The number of benzene rings is 1. The van der Waals surface area contributed by atoms with Gasteiger partial charge < -0.3 is 9.84 Å². The van der Waals surface area contributed by atoms with E-state index < -0.39 is 5.60 Å². The Hall–Kier alpha value is -0.730. The zero-order chi connectivity index (χ0) is 13.2. The molecule has 1 aromatic rings. The molecule has 1 N–H and O–H groups in total. The molecule has 1 unspecified atom stereocenters. The lowest BCUT2D eigenvalue weighted by Crippen LogP contribution is -2.30. The Morgan fingerprint density at radius 1 is 1.39 bits per heavy atom. The molecule has 18 heavy (non-hydrogen) atoms. The number of fused-ring (bicyclic) bond motifs is 1. The summed E-state index contributed by atoms with van der Waals surface area (Å²) in [6, 6.07) is 3.90. The first-order valence-electron chi connectivity index (χ1n) is 6.74. The first-order chi connectivity index (χ1) is 8.58. The van der Waals surface area contributed by atoms with Gasteiger partial charge in [0.05, 0.1) is 12.2 Å². The fourth-order valence-corrected chi connectivity index (χ4v) is 2.95. The summed E-state index contributed by atoms with van der Waals surface area (Å²) in [5, 5.41) is 11.3. The predicted octanol–water partition coefficient (Wildman–Crippen LogP) is 3.76. The van der Waals surface area contributed by atoms with Crippen molar-refractivity contribution in [1.82, 2.24) is 0 Å². The number of aliphatic hydroxyl groups is 1. The van der Waals surface area contributed by atoms with Crippen molar-refractivity contribution < 1.29 is 9.84 Å². The van der Waals surface area contributed by atoms with E-state index >= 15 is 0 Å². The van der Waals surface area contributed by atoms with Gasteiger partial charge in [-0.25, -0.2) is 0 Å². The molecule has 1 atom stereocenters. The molecule has 100 valence electrons. The zero-order valence-electron chi connectivity index (χ0n) is 11.1. The van der Waals surface area contributed by atoms with E-state index in [2.05, 4.69) is 6.92 Å². The van der Waals surface area contributed by atoms with E-state index in [1.165, 1.54) is 5.56 Å². The molecule has 3 heteroatoms. The fraction of sp³-hybridized carbons (Fsp3) is 0.600. The minimum absolute atomic E-state index is 0.625. The highest BCUT2D eigenvalue weighted by Crippen LogP contribution is 2.36. The van der Waals surface area contributed by atoms with Crippen molar-refractivity contribution >= 4 is 11.6 Å². The van der Waals surface area contributed by atoms with Crippen molar-refractivity contribution in [2.24, 2.45) is 0 Å². The maximum Gasteiger partial charge on any atom is 0.126 e. The SMILES string of the molecule is CCCC(O)(CC)Cc1cc(Cl)cc2c1OCC2. The maximum atomic E-state index is 10.6. The number of hydrogen-bond acceptors (Lipinski definition) is 2. The van der Waals surface area contributed by atoms with Gasteiger partial charge in [-0.15, -0.1) is 0 Å². The van der Waals surface area contributed by atoms with Crippen LogP contribution in [-0.4, -0.2) is 17.3 Å². The highest BCUT2D eigenvalue weighted by atomic mass is 35.5. The normalized spacial score (nSPS) is 17.1. The van der Waals surface area contributed by atoms with Gasteiger partial charge in [-0.1, -0.05) is 31.9 Å². The van der Waals surface area contributed by atoms with Crippen LogP contribution >= 0.6 is 11.6 Å². The summed E-state index contributed by atoms with van der Waals surface area (Å²) in [4.78, 5) is 0. The van der Waals surface area contributed by atoms with Crippen molar-refractivity contribution in [3.8, 4) is 5.75 Å². The van der Waals surface area contributed by atoms with Crippen molar-refractivity contribution in [2.75, 3.05) is 6.61 Å². The largest absolute Gasteiger partial charge is 0.493 e. The number of hydrogen-bond donors (Lipinski definition) is 1. The van der Waals surface area contributed by atoms with Crippen molar-refractivity contribution in [1.29, 1.82) is 0 Å². The van der Waals surface area contributed by atoms with Crippen LogP contribution in [0.25, 0.3) is 0 Å². The van der Waals surface area contributed by atoms with E-state index in [9.17, 15) is 5.11 Å². The summed E-state index contributed by atoms with van der Waals surface area (Å²) >= 11 is 6.14. The van der Waals surface area contributed by atoms with E-state index in [0.717, 1.165) is 48.6 Å². The van der Waals surface area contributed by atoms with Gasteiger partial charge in [0.1, 0.15) is 5.75 Å². The van der Waals surface area contributed by atoms with Crippen LogP contribution in [0.2, 0.25) is 5.02 Å². The number of ether oxygens (including phenoxy) is 1. The van der Waals surface area contributed by atoms with Gasteiger partial charge in [0.15, 0.2) is 0 Å². The summed E-state index contributed by atoms with van der Waals surface area (Å²) in [6.45, 7) is 4.85. The standard InChI is InChI=1S/C15H21ClO2/c1-3-6-15(17,4-2)10-12-9-13(16)8-11-5-7-18-14(11)12/h8-9,17H,3-7,10H2,1-2H3. The van der Waals surface area contributed by atoms with Crippen molar-refractivity contribution in [3.05, 3.63) is 28.3 Å². The Bertz CT molecular complexity index is 431. The first-order valence-corrected chi connectivity index (χ1v) is 7.12. The molecule has 1 aliphatic rings. The van der Waals surface area contributed by atoms with Crippen LogP contribution in [-0.2, 0) is 12.8 Å². The molecule has 0 amide bonds. The van der Waals surface area contributed by atoms with Crippen molar-refractivity contribution in [3.63, 3.8) is 0 Å². The molecule has 1 aliphatic heterocycles. The number of rotatable bonds is 5. The van der Waals surface area contributed by atoms with Crippen LogP contribution in [0, 0.1) is 0 Å². The van der Waals surface area contributed by atoms with E-state index in [-0.39, 0.29) is 0 Å². The molecule has 0 saturated heterocycles. The fourth-order valence-electron chi connectivity index (χ4n) is 2.69. The second kappa shape index (κ2) is 5.50. The molecule has 1 aromatic carbocycles. The summed E-state index contributed by atoms with van der Waals surface area (Å²) in [7, 11) is 0. The summed E-state index contributed by atoms with van der Waals surface area (Å²) in [5.74, 6) is 0.947. The average Bonchev–Trinajstić information content (AvgIpc) is 2.77. The van der Waals surface area contributed by atoms with Gasteiger partial charge in [0.2, 0.25) is 0 Å². The first kappa shape index (κ1) is 13.7. The topological polar surface area (TPSA) is 29.5 Å². The average molecular weight is 269 g/mol. The van der Waals surface area contributed by atoms with Crippen LogP contribution in [0.15, 0.2) is 12.1 Å². The lowest BCUT2D eigenvalue weighted by Gasteiger charge is -2.27. The second-order valence-electron chi connectivity index (χ2n) is 5.16. The summed E-state index contributed by atoms with van der Waals surface area (Å²) in [5.41, 5.74) is 1.58. The van der Waals surface area contributed by atoms with E-state index in [4.69, 9.17) is 16.3 Å². The molecule has 0 radical (unpaired) electrons. The zero-order valence-corrected chi connectivity index (χ0v) is 11.9. The Balaban J connectivity index is 2.28. The quantitative estimate of drug-likeness (QED) is 0.881. The Kier molecular flexibility index (Phi) is 4.18. The van der Waals surface area contributed by atoms with Gasteiger partial charge in [-0.2, -0.15) is 0 Å². The highest BCUT2D eigenvalue weighted by molar-refractivity contribution is 6.30. The monoisotopic (exact) mass is 268 g/mol. The molecular formula is C15H21ClO2. The van der Waals surface area contributed by atoms with E-state index in [0.29, 0.717) is 6.42 Å². The molecule has 0 aromatic heterocycles. The lowest BCUT2D eigenvalue weighted by molar-refractivity contribution is 0.0265. The third kappa shape index (κ3) is 2.81.